The van der Waals surface area contributed by atoms with Crippen molar-refractivity contribution < 1.29 is 24.4 Å². The van der Waals surface area contributed by atoms with Crippen LogP contribution in [0, 0.1) is 10.1 Å². The number of rotatable bonds is 4. The van der Waals surface area contributed by atoms with Gasteiger partial charge in [0.1, 0.15) is 16.8 Å². The number of nitrogens with zero attached hydrogens (tertiary/aromatic N) is 2. The van der Waals surface area contributed by atoms with Gasteiger partial charge in [-0.1, -0.05) is 15.9 Å². The van der Waals surface area contributed by atoms with Gasteiger partial charge in [-0.15, -0.1) is 0 Å². The van der Waals surface area contributed by atoms with Gasteiger partial charge in [-0.05, 0) is 46.8 Å². The number of nitro benzene ring substituents is 1. The predicted molar refractivity (Wildman–Crippen MR) is 91.2 cm³/mol. The normalized spacial score (nSPS) is 11.8. The van der Waals surface area contributed by atoms with Crippen molar-refractivity contribution in [1.82, 2.24) is 0 Å². The van der Waals surface area contributed by atoms with Gasteiger partial charge in [0.05, 0.1) is 4.92 Å². The Balaban J connectivity index is 3.58. The maximum atomic E-state index is 12.6. The topological polar surface area (TPSA) is 110 Å². The molecule has 1 aromatic rings. The lowest BCUT2D eigenvalue weighted by molar-refractivity contribution is -0.384. The number of amides is 1. The summed E-state index contributed by atoms with van der Waals surface area (Å²) in [6.45, 7) is 7.39. The van der Waals surface area contributed by atoms with E-state index in [4.69, 9.17) is 4.74 Å². The second-order valence-electron chi connectivity index (χ2n) is 6.57. The zero-order valence-electron chi connectivity index (χ0n) is 14.0. The third-order valence-corrected chi connectivity index (χ3v) is 3.53. The smallest absolute Gasteiger partial charge is 0.416 e. The average molecular weight is 403 g/mol. The molecule has 0 saturated heterocycles. The van der Waals surface area contributed by atoms with E-state index in [0.717, 1.165) is 4.90 Å². The fourth-order valence-corrected chi connectivity index (χ4v) is 2.21. The minimum Gasteiger partial charge on any atom is -0.480 e. The number of halogens is 1. The first-order chi connectivity index (χ1) is 10.8. The Morgan fingerprint density at radius 2 is 1.79 bits per heavy atom. The first kappa shape index (κ1) is 19.9. The number of carboxylic acids is 1. The number of carbonyl (C=O) groups excluding carboxylic acids is 1. The number of carboxylic acid groups (broad SMARTS) is 1. The van der Waals surface area contributed by atoms with Crippen LogP contribution in [0.1, 0.15) is 34.6 Å². The van der Waals surface area contributed by atoms with Crippen molar-refractivity contribution in [1.29, 1.82) is 0 Å². The van der Waals surface area contributed by atoms with E-state index in [1.807, 2.05) is 0 Å². The lowest BCUT2D eigenvalue weighted by atomic mass is 10.0. The van der Waals surface area contributed by atoms with E-state index in [1.165, 1.54) is 32.0 Å². The van der Waals surface area contributed by atoms with E-state index in [9.17, 15) is 24.8 Å². The summed E-state index contributed by atoms with van der Waals surface area (Å²) in [7, 11) is 0. The van der Waals surface area contributed by atoms with Gasteiger partial charge in [-0.25, -0.2) is 9.59 Å². The van der Waals surface area contributed by atoms with Crippen molar-refractivity contribution in [3.05, 3.63) is 32.8 Å². The molecule has 0 fully saturated rings. The monoisotopic (exact) mass is 402 g/mol. The molecule has 9 heteroatoms. The molecule has 1 aromatic carbocycles. The number of nitro groups is 1. The van der Waals surface area contributed by atoms with Crippen molar-refractivity contribution in [2.75, 3.05) is 4.90 Å². The molecule has 0 bridgehead atoms. The highest BCUT2D eigenvalue weighted by molar-refractivity contribution is 9.10. The second-order valence-corrected chi connectivity index (χ2v) is 7.49. The number of anilines is 1. The molecule has 24 heavy (non-hydrogen) atoms. The zero-order valence-corrected chi connectivity index (χ0v) is 15.6. The second kappa shape index (κ2) is 6.76. The summed E-state index contributed by atoms with van der Waals surface area (Å²) in [5.41, 5.74) is -3.23. The molecule has 1 rings (SSSR count). The lowest BCUT2D eigenvalue weighted by Crippen LogP contribution is -2.55. The van der Waals surface area contributed by atoms with Crippen LogP contribution in [0.4, 0.5) is 16.2 Å². The molecule has 8 nitrogen and oxygen atoms in total. The molecule has 0 heterocycles. The Hall–Kier alpha value is -2.16. The largest absolute Gasteiger partial charge is 0.480 e. The molecule has 1 amide bonds. The maximum Gasteiger partial charge on any atom is 0.416 e. The number of ether oxygens (including phenoxy) is 1. The van der Waals surface area contributed by atoms with Crippen LogP contribution < -0.4 is 4.90 Å². The molecule has 0 aliphatic heterocycles. The zero-order chi connectivity index (χ0) is 18.9. The van der Waals surface area contributed by atoms with Crippen LogP contribution in [0.25, 0.3) is 0 Å². The van der Waals surface area contributed by atoms with Crippen molar-refractivity contribution in [3.8, 4) is 0 Å². The van der Waals surface area contributed by atoms with Crippen molar-refractivity contribution in [2.45, 2.75) is 45.8 Å². The number of hydrogen-bond acceptors (Lipinski definition) is 5. The molecule has 132 valence electrons. The summed E-state index contributed by atoms with van der Waals surface area (Å²) in [6, 6.07) is 3.99. The third-order valence-electron chi connectivity index (χ3n) is 3.03. The third kappa shape index (κ3) is 4.44. The van der Waals surface area contributed by atoms with Crippen molar-refractivity contribution in [3.63, 3.8) is 0 Å². The van der Waals surface area contributed by atoms with Gasteiger partial charge in [-0.3, -0.25) is 15.0 Å². The van der Waals surface area contributed by atoms with Crippen molar-refractivity contribution in [2.24, 2.45) is 0 Å². The first-order valence-electron chi connectivity index (χ1n) is 6.98. The summed E-state index contributed by atoms with van der Waals surface area (Å²) >= 11 is 3.12. The Morgan fingerprint density at radius 1 is 1.25 bits per heavy atom. The van der Waals surface area contributed by atoms with Crippen LogP contribution in [-0.2, 0) is 9.53 Å². The Kier molecular flexibility index (Phi) is 5.60. The minimum absolute atomic E-state index is 0.162. The Morgan fingerprint density at radius 3 is 2.21 bits per heavy atom. The molecule has 0 aliphatic rings. The SMILES string of the molecule is CC(C)(C)OC(=O)N(c1ccc(Br)cc1[N+](=O)[O-])C(C)(C)C(=O)O. The first-order valence-corrected chi connectivity index (χ1v) is 7.77. The van der Waals surface area contributed by atoms with E-state index in [1.54, 1.807) is 20.8 Å². The summed E-state index contributed by atoms with van der Waals surface area (Å²) in [5.74, 6) is -1.33. The molecule has 0 spiro atoms. The quantitative estimate of drug-likeness (QED) is 0.602. The van der Waals surface area contributed by atoms with Crippen LogP contribution >= 0.6 is 15.9 Å². The van der Waals surface area contributed by atoms with Crippen LogP contribution in [-0.4, -0.2) is 33.2 Å². The fourth-order valence-electron chi connectivity index (χ4n) is 1.86. The van der Waals surface area contributed by atoms with Crippen LogP contribution in [0.5, 0.6) is 0 Å². The van der Waals surface area contributed by atoms with Gasteiger partial charge >= 0.3 is 12.1 Å². The van der Waals surface area contributed by atoms with E-state index in [2.05, 4.69) is 15.9 Å². The lowest BCUT2D eigenvalue weighted by Gasteiger charge is -2.35. The number of carbonyl (C=O) groups is 2. The van der Waals surface area contributed by atoms with Gasteiger partial charge in [0, 0.05) is 10.5 Å². The van der Waals surface area contributed by atoms with E-state index in [0.29, 0.717) is 4.47 Å². The number of aliphatic carboxylic acids is 1. The molecule has 0 unspecified atom stereocenters. The maximum absolute atomic E-state index is 12.6. The average Bonchev–Trinajstić information content (AvgIpc) is 2.37. The minimum atomic E-state index is -1.76. The van der Waals surface area contributed by atoms with E-state index in [-0.39, 0.29) is 5.69 Å². The fraction of sp³-hybridized carbons (Fsp3) is 0.467. The van der Waals surface area contributed by atoms with E-state index < -0.39 is 33.8 Å². The van der Waals surface area contributed by atoms with Crippen LogP contribution in [0.3, 0.4) is 0 Å². The molecule has 0 saturated carbocycles. The highest BCUT2D eigenvalue weighted by Crippen LogP contribution is 2.36. The van der Waals surface area contributed by atoms with Crippen molar-refractivity contribution >= 4 is 39.4 Å². The standard InChI is InChI=1S/C15H19BrN2O6/c1-14(2,3)24-13(21)17(15(4,5)12(19)20)10-7-6-9(16)8-11(10)18(22)23/h6-8H,1-5H3,(H,19,20). The molecule has 0 aromatic heterocycles. The molecule has 0 radical (unpaired) electrons. The van der Waals surface area contributed by atoms with Gasteiger partial charge in [0.15, 0.2) is 0 Å². The summed E-state index contributed by atoms with van der Waals surface area (Å²) in [4.78, 5) is 35.6. The highest BCUT2D eigenvalue weighted by Gasteiger charge is 2.44. The molecule has 0 aliphatic carbocycles. The van der Waals surface area contributed by atoms with Gasteiger partial charge < -0.3 is 9.84 Å². The summed E-state index contributed by atoms with van der Waals surface area (Å²) in [5, 5.41) is 20.8. The van der Waals surface area contributed by atoms with E-state index >= 15 is 0 Å². The number of benzene rings is 1. The molecular weight excluding hydrogens is 384 g/mol. The molecular formula is C15H19BrN2O6. The van der Waals surface area contributed by atoms with Crippen LogP contribution in [0.15, 0.2) is 22.7 Å². The van der Waals surface area contributed by atoms with Gasteiger partial charge in [-0.2, -0.15) is 0 Å². The Bertz CT molecular complexity index is 681. The van der Waals surface area contributed by atoms with Gasteiger partial charge in [0.2, 0.25) is 0 Å². The Labute approximate surface area is 147 Å². The number of hydrogen-bond donors (Lipinski definition) is 1. The molecule has 1 N–H and O–H groups in total. The predicted octanol–water partition coefficient (Wildman–Crippen LogP) is 3.96. The van der Waals surface area contributed by atoms with Crippen LogP contribution in [0.2, 0.25) is 0 Å². The summed E-state index contributed by atoms with van der Waals surface area (Å²) in [6.07, 6.45) is -0.986. The summed E-state index contributed by atoms with van der Waals surface area (Å²) < 4.78 is 5.67. The molecule has 0 atom stereocenters. The highest BCUT2D eigenvalue weighted by atomic mass is 79.9. The van der Waals surface area contributed by atoms with Gasteiger partial charge in [0.25, 0.3) is 5.69 Å².